The van der Waals surface area contributed by atoms with Gasteiger partial charge in [-0.25, -0.2) is 4.79 Å². The summed E-state index contributed by atoms with van der Waals surface area (Å²) in [5, 5.41) is 0. The number of hydrogen-bond donors (Lipinski definition) is 0. The topological polar surface area (TPSA) is 46.6 Å². The Kier molecular flexibility index (Phi) is 8.16. The van der Waals surface area contributed by atoms with Crippen LogP contribution >= 0.6 is 72.8 Å². The number of carbonyl (C=O) groups is 2. The fraction of sp³-hybridized carbons (Fsp3) is 0.167. The molecule has 1 aromatic heterocycles. The van der Waals surface area contributed by atoms with Crippen LogP contribution in [-0.4, -0.2) is 27.1 Å². The summed E-state index contributed by atoms with van der Waals surface area (Å²) in [6, 6.07) is 16.0. The number of hydrogen-bond acceptors (Lipinski definition) is 8. The first kappa shape index (κ1) is 25.4. The number of thioether (sulfide) groups is 1. The zero-order chi connectivity index (χ0) is 24.4. The van der Waals surface area contributed by atoms with E-state index < -0.39 is 12.0 Å². The fourth-order valence-electron chi connectivity index (χ4n) is 3.34. The Balaban J connectivity index is 1.52. The van der Waals surface area contributed by atoms with Crippen molar-refractivity contribution in [1.82, 2.24) is 4.90 Å². The van der Waals surface area contributed by atoms with E-state index in [9.17, 15) is 9.59 Å². The Bertz CT molecular complexity index is 1330. The molecule has 10 heteroatoms. The van der Waals surface area contributed by atoms with Crippen LogP contribution in [0.4, 0.5) is 0 Å². The number of rotatable bonds is 6. The minimum absolute atomic E-state index is 0.195. The van der Waals surface area contributed by atoms with E-state index in [1.165, 1.54) is 16.7 Å². The van der Waals surface area contributed by atoms with Crippen molar-refractivity contribution in [2.24, 2.45) is 5.92 Å². The van der Waals surface area contributed by atoms with Gasteiger partial charge in [0.15, 0.2) is 0 Å². The van der Waals surface area contributed by atoms with Gasteiger partial charge in [-0.3, -0.25) is 9.69 Å². The van der Waals surface area contributed by atoms with E-state index in [-0.39, 0.29) is 11.8 Å². The summed E-state index contributed by atoms with van der Waals surface area (Å²) in [4.78, 5) is 29.3. The molecule has 0 radical (unpaired) electrons. The van der Waals surface area contributed by atoms with Crippen molar-refractivity contribution in [3.8, 4) is 16.2 Å². The Morgan fingerprint density at radius 3 is 2.32 bits per heavy atom. The van der Waals surface area contributed by atoms with Crippen molar-refractivity contribution in [1.29, 1.82) is 0 Å². The fourth-order valence-corrected chi connectivity index (χ4v) is 7.34. The van der Waals surface area contributed by atoms with Crippen LogP contribution < -0.4 is 4.74 Å². The second-order valence-corrected chi connectivity index (χ2v) is 13.2. The summed E-state index contributed by atoms with van der Waals surface area (Å²) < 4.78 is 7.81. The summed E-state index contributed by atoms with van der Waals surface area (Å²) >= 11 is 15.3. The Hall–Kier alpha value is -1.69. The first-order chi connectivity index (χ1) is 16.2. The van der Waals surface area contributed by atoms with Gasteiger partial charge in [0.25, 0.3) is 5.91 Å². The normalized spacial score (nSPS) is 15.9. The van der Waals surface area contributed by atoms with Gasteiger partial charge in [-0.05, 0) is 65.6 Å². The molecule has 1 atom stereocenters. The van der Waals surface area contributed by atoms with Crippen LogP contribution in [0.5, 0.6) is 5.75 Å². The van der Waals surface area contributed by atoms with Gasteiger partial charge >= 0.3 is 5.97 Å². The van der Waals surface area contributed by atoms with Crippen molar-refractivity contribution in [2.45, 2.75) is 19.9 Å². The van der Waals surface area contributed by atoms with Crippen molar-refractivity contribution in [3.63, 3.8) is 0 Å². The predicted molar refractivity (Wildman–Crippen MR) is 152 cm³/mol. The largest absolute Gasteiger partial charge is 0.425 e. The lowest BCUT2D eigenvalue weighted by molar-refractivity contribution is -0.144. The Morgan fingerprint density at radius 2 is 1.74 bits per heavy atom. The lowest BCUT2D eigenvalue weighted by Crippen LogP contribution is -2.48. The molecule has 34 heavy (non-hydrogen) atoms. The third-order valence-corrected chi connectivity index (χ3v) is 9.73. The van der Waals surface area contributed by atoms with Crippen LogP contribution in [0.25, 0.3) is 16.5 Å². The van der Waals surface area contributed by atoms with Crippen LogP contribution in [-0.2, 0) is 9.59 Å². The molecule has 0 spiro atoms. The maximum Gasteiger partial charge on any atom is 0.334 e. The van der Waals surface area contributed by atoms with Gasteiger partial charge in [-0.15, -0.1) is 0 Å². The molecule has 0 saturated carbocycles. The van der Waals surface area contributed by atoms with E-state index in [2.05, 4.69) is 15.9 Å². The van der Waals surface area contributed by atoms with Gasteiger partial charge in [0.1, 0.15) is 19.9 Å². The maximum absolute atomic E-state index is 13.2. The van der Waals surface area contributed by atoms with E-state index >= 15 is 0 Å². The average molecular weight is 609 g/mol. The molecule has 174 valence electrons. The molecule has 0 N–H and O–H groups in total. The second kappa shape index (κ2) is 10.9. The molecular weight excluding hydrogens is 591 g/mol. The average Bonchev–Trinajstić information content (AvgIpc) is 3.34. The molecule has 1 aliphatic heterocycles. The first-order valence-electron chi connectivity index (χ1n) is 10.2. The number of esters is 1. The van der Waals surface area contributed by atoms with Gasteiger partial charge in [-0.1, -0.05) is 98.8 Å². The zero-order valence-corrected chi connectivity index (χ0v) is 23.7. The summed E-state index contributed by atoms with van der Waals surface area (Å²) in [6.07, 6.45) is 1.78. The Morgan fingerprint density at radius 1 is 1.06 bits per heavy atom. The third kappa shape index (κ3) is 5.75. The maximum atomic E-state index is 13.2. The molecule has 1 amide bonds. The van der Waals surface area contributed by atoms with Gasteiger partial charge in [0.2, 0.25) is 0 Å². The molecule has 3 aromatic rings. The summed E-state index contributed by atoms with van der Waals surface area (Å²) in [7, 11) is 3.16. The van der Waals surface area contributed by atoms with E-state index in [1.807, 2.05) is 56.3 Å². The van der Waals surface area contributed by atoms with Crippen LogP contribution in [0.1, 0.15) is 19.4 Å². The molecule has 4 rings (SSSR count). The number of ether oxygens (including phenoxy) is 1. The molecular formula is C24H18BrNO3S5. The quantitative estimate of drug-likeness (QED) is 0.0936. The van der Waals surface area contributed by atoms with Crippen LogP contribution in [0.15, 0.2) is 64.0 Å². The number of thiocarbonyl (C=S) groups is 1. The van der Waals surface area contributed by atoms with Crippen molar-refractivity contribution in [3.05, 3.63) is 73.4 Å². The standard InChI is InChI=1S/C24H18BrNO3S5/c1-13(2)21(23(28)29-17-9-5-15(6-10-17)18-12-20(30)34-33-18)26-22(27)19(32-24(26)31)11-14-3-7-16(25)8-4-14/h3-13,21H,1-2H3/b19-11-. The van der Waals surface area contributed by atoms with Crippen LogP contribution in [0.3, 0.4) is 0 Å². The van der Waals surface area contributed by atoms with E-state index in [1.54, 1.807) is 38.9 Å². The highest BCUT2D eigenvalue weighted by Crippen LogP contribution is 2.36. The number of amides is 1. The summed E-state index contributed by atoms with van der Waals surface area (Å²) in [5.74, 6) is -0.592. The SMILES string of the molecule is CC(C)C(C(=O)Oc1ccc(-c2cc(=S)ss2)cc1)N1C(=O)/C(=C/c2ccc(Br)cc2)SC1=S. The molecule has 1 unspecified atom stereocenters. The molecule has 2 aromatic carbocycles. The third-order valence-electron chi connectivity index (χ3n) is 4.96. The van der Waals surface area contributed by atoms with Gasteiger partial charge in [0.05, 0.1) is 4.91 Å². The smallest absolute Gasteiger partial charge is 0.334 e. The van der Waals surface area contributed by atoms with E-state index in [0.29, 0.717) is 15.0 Å². The second-order valence-electron chi connectivity index (χ2n) is 7.73. The molecule has 2 heterocycles. The first-order valence-corrected chi connectivity index (χ1v) is 14.8. The highest BCUT2D eigenvalue weighted by molar-refractivity contribution is 9.10. The number of carbonyl (C=O) groups excluding carboxylic acids is 2. The number of benzene rings is 2. The monoisotopic (exact) mass is 607 g/mol. The minimum Gasteiger partial charge on any atom is -0.425 e. The molecule has 1 saturated heterocycles. The molecule has 0 bridgehead atoms. The van der Waals surface area contributed by atoms with Crippen LogP contribution in [0.2, 0.25) is 0 Å². The lowest BCUT2D eigenvalue weighted by atomic mass is 10.0. The number of nitrogens with zero attached hydrogens (tertiary/aromatic N) is 1. The zero-order valence-electron chi connectivity index (χ0n) is 18.0. The minimum atomic E-state index is -0.829. The van der Waals surface area contributed by atoms with E-state index in [0.717, 1.165) is 24.3 Å². The van der Waals surface area contributed by atoms with Crippen molar-refractivity contribution < 1.29 is 14.3 Å². The predicted octanol–water partition coefficient (Wildman–Crippen LogP) is 7.80. The lowest BCUT2D eigenvalue weighted by Gasteiger charge is -2.28. The molecule has 1 fully saturated rings. The van der Waals surface area contributed by atoms with Crippen molar-refractivity contribution >= 4 is 95.1 Å². The highest BCUT2D eigenvalue weighted by atomic mass is 79.9. The summed E-state index contributed by atoms with van der Waals surface area (Å²) in [6.45, 7) is 3.74. The molecule has 0 aliphatic carbocycles. The number of halogens is 1. The summed E-state index contributed by atoms with van der Waals surface area (Å²) in [5.41, 5.74) is 1.88. The van der Waals surface area contributed by atoms with Crippen molar-refractivity contribution in [2.75, 3.05) is 0 Å². The Labute approximate surface area is 228 Å². The highest BCUT2D eigenvalue weighted by Gasteiger charge is 2.42. The molecule has 4 nitrogen and oxygen atoms in total. The molecule has 1 aliphatic rings. The van der Waals surface area contributed by atoms with Gasteiger partial charge < -0.3 is 4.74 Å². The van der Waals surface area contributed by atoms with Gasteiger partial charge in [0, 0.05) is 9.35 Å². The van der Waals surface area contributed by atoms with E-state index in [4.69, 9.17) is 29.2 Å². The van der Waals surface area contributed by atoms with Crippen LogP contribution in [0, 0.1) is 9.74 Å². The van der Waals surface area contributed by atoms with Gasteiger partial charge in [-0.2, -0.15) is 0 Å².